The van der Waals surface area contributed by atoms with Gasteiger partial charge in [0.1, 0.15) is 12.4 Å². The van der Waals surface area contributed by atoms with Crippen LogP contribution in [-0.2, 0) is 16.1 Å². The van der Waals surface area contributed by atoms with Crippen LogP contribution in [0.4, 0.5) is 0 Å². The summed E-state index contributed by atoms with van der Waals surface area (Å²) in [6, 6.07) is 25.0. The average molecular weight is 797 g/mol. The van der Waals surface area contributed by atoms with Crippen LogP contribution >= 0.6 is 59.1 Å². The molecule has 0 fully saturated rings. The molecule has 1 aromatic heterocycles. The Hall–Kier alpha value is -3.31. The first-order chi connectivity index (χ1) is 21.2. The van der Waals surface area contributed by atoms with Crippen LogP contribution in [0.3, 0.4) is 0 Å². The molecule has 222 valence electrons. The first-order valence-electron chi connectivity index (χ1n) is 13.8. The number of benzene rings is 4. The molecular weight excluding hydrogens is 772 g/mol. The molecule has 10 heteroatoms. The van der Waals surface area contributed by atoms with Crippen molar-refractivity contribution in [1.29, 1.82) is 0 Å². The van der Waals surface area contributed by atoms with E-state index >= 15 is 0 Å². The number of hydrogen-bond donors (Lipinski definition) is 0. The molecule has 1 atom stereocenters. The topological polar surface area (TPSA) is 69.9 Å². The number of rotatable bonds is 7. The summed E-state index contributed by atoms with van der Waals surface area (Å²) in [6.07, 6.45) is 1.83. The molecule has 2 heterocycles. The van der Waals surface area contributed by atoms with Gasteiger partial charge < -0.3 is 9.47 Å². The zero-order valence-electron chi connectivity index (χ0n) is 23.6. The van der Waals surface area contributed by atoms with Crippen molar-refractivity contribution in [2.24, 2.45) is 4.99 Å². The number of hydrogen-bond acceptors (Lipinski definition) is 6. The van der Waals surface area contributed by atoms with Gasteiger partial charge in [0.15, 0.2) is 4.80 Å². The Bertz CT molecular complexity index is 2110. The molecule has 5 aromatic rings. The molecule has 6 rings (SSSR count). The van der Waals surface area contributed by atoms with E-state index in [0.717, 1.165) is 40.9 Å². The average Bonchev–Trinajstić information content (AvgIpc) is 3.30. The molecule has 0 unspecified atom stereocenters. The summed E-state index contributed by atoms with van der Waals surface area (Å²) in [5, 5.41) is 1.97. The Morgan fingerprint density at radius 3 is 2.43 bits per heavy atom. The largest absolute Gasteiger partial charge is 0.487 e. The van der Waals surface area contributed by atoms with Gasteiger partial charge in [-0.25, -0.2) is 9.79 Å². The Kier molecular flexibility index (Phi) is 9.05. The summed E-state index contributed by atoms with van der Waals surface area (Å²) >= 11 is 12.0. The molecule has 0 saturated carbocycles. The lowest BCUT2D eigenvalue weighted by atomic mass is 9.91. The summed E-state index contributed by atoms with van der Waals surface area (Å²) in [5.41, 5.74) is 3.34. The molecule has 44 heavy (non-hydrogen) atoms. The number of carbonyl (C=O) groups excluding carboxylic acids is 1. The lowest BCUT2D eigenvalue weighted by Crippen LogP contribution is -2.40. The van der Waals surface area contributed by atoms with E-state index in [-0.39, 0.29) is 12.2 Å². The van der Waals surface area contributed by atoms with E-state index in [2.05, 4.69) is 47.8 Å². The van der Waals surface area contributed by atoms with Crippen molar-refractivity contribution in [3.63, 3.8) is 0 Å². The van der Waals surface area contributed by atoms with Gasteiger partial charge in [0, 0.05) is 4.47 Å². The Morgan fingerprint density at radius 2 is 1.70 bits per heavy atom. The van der Waals surface area contributed by atoms with Crippen LogP contribution in [0.25, 0.3) is 16.8 Å². The van der Waals surface area contributed by atoms with Crippen LogP contribution < -0.4 is 19.6 Å². The van der Waals surface area contributed by atoms with Gasteiger partial charge in [-0.2, -0.15) is 0 Å². The van der Waals surface area contributed by atoms with Crippen LogP contribution in [0.15, 0.2) is 113 Å². The van der Waals surface area contributed by atoms with E-state index in [1.54, 1.807) is 18.4 Å². The summed E-state index contributed by atoms with van der Waals surface area (Å²) in [6.45, 7) is 4.18. The molecule has 0 bridgehead atoms. The molecule has 0 saturated heterocycles. The van der Waals surface area contributed by atoms with E-state index in [4.69, 9.17) is 14.5 Å². The number of thiazole rings is 1. The van der Waals surface area contributed by atoms with Crippen molar-refractivity contribution in [2.45, 2.75) is 26.5 Å². The molecule has 0 N–H and O–H groups in total. The van der Waals surface area contributed by atoms with E-state index in [1.807, 2.05) is 84.9 Å². The monoisotopic (exact) mass is 794 g/mol. The van der Waals surface area contributed by atoms with Gasteiger partial charge in [-0.3, -0.25) is 9.36 Å². The quantitative estimate of drug-likeness (QED) is 0.158. The molecular formula is C34H25Br3N2O4S. The number of allylic oxidation sites excluding steroid dienone is 1. The summed E-state index contributed by atoms with van der Waals surface area (Å²) < 4.78 is 16.2. The highest BCUT2D eigenvalue weighted by molar-refractivity contribution is 9.11. The van der Waals surface area contributed by atoms with E-state index in [1.165, 1.54) is 11.3 Å². The van der Waals surface area contributed by atoms with E-state index < -0.39 is 12.0 Å². The maximum absolute atomic E-state index is 14.1. The predicted octanol–water partition coefficient (Wildman–Crippen LogP) is 7.82. The highest BCUT2D eigenvalue weighted by Gasteiger charge is 2.34. The molecule has 0 aliphatic carbocycles. The summed E-state index contributed by atoms with van der Waals surface area (Å²) in [7, 11) is 0. The number of esters is 1. The summed E-state index contributed by atoms with van der Waals surface area (Å²) in [4.78, 5) is 32.7. The van der Waals surface area contributed by atoms with Crippen LogP contribution in [-0.4, -0.2) is 17.1 Å². The summed E-state index contributed by atoms with van der Waals surface area (Å²) in [5.74, 6) is 0.185. The molecule has 1 aliphatic heterocycles. The normalized spacial score (nSPS) is 14.8. The van der Waals surface area contributed by atoms with Gasteiger partial charge in [0.2, 0.25) is 0 Å². The van der Waals surface area contributed by atoms with Crippen molar-refractivity contribution in [1.82, 2.24) is 4.57 Å². The number of carbonyl (C=O) groups is 1. The molecule has 0 spiro atoms. The lowest BCUT2D eigenvalue weighted by molar-refractivity contribution is -0.139. The fourth-order valence-corrected chi connectivity index (χ4v) is 8.02. The second-order valence-corrected chi connectivity index (χ2v) is 13.7. The predicted molar refractivity (Wildman–Crippen MR) is 185 cm³/mol. The molecule has 0 amide bonds. The van der Waals surface area contributed by atoms with Gasteiger partial charge in [-0.15, -0.1) is 0 Å². The van der Waals surface area contributed by atoms with Crippen molar-refractivity contribution >= 4 is 81.9 Å². The fourth-order valence-electron chi connectivity index (χ4n) is 5.26. The highest BCUT2D eigenvalue weighted by Crippen LogP contribution is 2.37. The van der Waals surface area contributed by atoms with E-state index in [0.29, 0.717) is 33.0 Å². The Labute approximate surface area is 282 Å². The van der Waals surface area contributed by atoms with Gasteiger partial charge >= 0.3 is 5.97 Å². The third-order valence-corrected chi connectivity index (χ3v) is 9.94. The smallest absolute Gasteiger partial charge is 0.338 e. The van der Waals surface area contributed by atoms with Gasteiger partial charge in [0.25, 0.3) is 5.56 Å². The maximum atomic E-state index is 14.1. The number of aromatic nitrogens is 1. The number of fused-ring (bicyclic) bond motifs is 2. The number of nitrogens with zero attached hydrogens (tertiary/aromatic N) is 2. The van der Waals surface area contributed by atoms with Crippen LogP contribution in [0.1, 0.15) is 36.6 Å². The molecule has 4 aromatic carbocycles. The number of halogens is 3. The Morgan fingerprint density at radius 1 is 1.00 bits per heavy atom. The second-order valence-electron chi connectivity index (χ2n) is 10.1. The first kappa shape index (κ1) is 30.7. The van der Waals surface area contributed by atoms with Crippen molar-refractivity contribution in [3.05, 3.63) is 140 Å². The minimum absolute atomic E-state index is 0.217. The lowest BCUT2D eigenvalue weighted by Gasteiger charge is -2.25. The van der Waals surface area contributed by atoms with Crippen LogP contribution in [0.5, 0.6) is 5.75 Å². The Balaban J connectivity index is 1.44. The maximum Gasteiger partial charge on any atom is 0.338 e. The van der Waals surface area contributed by atoms with Crippen molar-refractivity contribution < 1.29 is 14.3 Å². The molecule has 6 nitrogen and oxygen atoms in total. The second kappa shape index (κ2) is 13.0. The third-order valence-electron chi connectivity index (χ3n) is 7.25. The first-order valence-corrected chi connectivity index (χ1v) is 17.0. The van der Waals surface area contributed by atoms with Gasteiger partial charge in [-0.05, 0) is 104 Å². The number of ether oxygens (including phenoxy) is 2. The third kappa shape index (κ3) is 6.00. The van der Waals surface area contributed by atoms with Gasteiger partial charge in [0.05, 0.1) is 37.4 Å². The zero-order valence-corrected chi connectivity index (χ0v) is 29.2. The van der Waals surface area contributed by atoms with Gasteiger partial charge in [-0.1, -0.05) is 81.9 Å². The SMILES string of the molecule is CCOC(=O)C1=C(C)N=c2s/c(=C\c3cc(Br)c(OCc4ccc(Br)cc4)c(Br)c3)c(=O)n2[C@H]1c1cccc2ccccc12. The minimum atomic E-state index is -0.689. The minimum Gasteiger partial charge on any atom is -0.487 e. The standard InChI is InChI=1S/C34H25Br3N2O4S/c1-3-42-33(41)29-19(2)38-34-39(30(29)25-10-6-8-22-7-4-5-9-24(22)25)32(40)28(44-34)17-21-15-26(36)31(27(37)16-21)43-18-20-11-13-23(35)14-12-20/h4-17,30H,3,18H2,1-2H3/b28-17-/t30-/m0/s1. The highest BCUT2D eigenvalue weighted by atomic mass is 79.9. The zero-order chi connectivity index (χ0) is 31.0. The van der Waals surface area contributed by atoms with Crippen molar-refractivity contribution in [3.8, 4) is 5.75 Å². The van der Waals surface area contributed by atoms with E-state index in [9.17, 15) is 9.59 Å². The molecule has 0 radical (unpaired) electrons. The van der Waals surface area contributed by atoms with Crippen molar-refractivity contribution in [2.75, 3.05) is 6.61 Å². The van der Waals surface area contributed by atoms with Crippen LogP contribution in [0.2, 0.25) is 0 Å². The van der Waals surface area contributed by atoms with Crippen LogP contribution in [0, 0.1) is 0 Å². The fraction of sp³-hybridized carbons (Fsp3) is 0.147. The molecule has 1 aliphatic rings.